The van der Waals surface area contributed by atoms with Gasteiger partial charge in [-0.15, -0.1) is 0 Å². The van der Waals surface area contributed by atoms with Gasteiger partial charge in [0.25, 0.3) is 0 Å². The molecule has 1 aliphatic heterocycles. The molecule has 6 heteroatoms. The number of unbranched alkanes of at least 4 members (excludes halogenated alkanes) is 1. The number of carbonyl (C=O) groups excluding carboxylic acids is 1. The van der Waals surface area contributed by atoms with E-state index in [2.05, 4.69) is 22.1 Å². The van der Waals surface area contributed by atoms with Gasteiger partial charge in [0, 0.05) is 47.6 Å². The Kier molecular flexibility index (Phi) is 8.32. The molecule has 1 N–H and O–H groups in total. The third-order valence-electron chi connectivity index (χ3n) is 5.32. The SMILES string of the molecule is CCCCNC(=O)C1CCN(Cc2cc(Cl)ccc2OCc2cccnc2)CC1. The molecule has 2 heterocycles. The van der Waals surface area contributed by atoms with Crippen LogP contribution in [-0.4, -0.2) is 35.4 Å². The predicted molar refractivity (Wildman–Crippen MR) is 116 cm³/mol. The molecule has 1 fully saturated rings. The first-order valence-corrected chi connectivity index (χ1v) is 10.8. The summed E-state index contributed by atoms with van der Waals surface area (Å²) >= 11 is 6.24. The van der Waals surface area contributed by atoms with E-state index < -0.39 is 0 Å². The Morgan fingerprint density at radius 3 is 2.86 bits per heavy atom. The maximum Gasteiger partial charge on any atom is 0.223 e. The Bertz CT molecular complexity index is 777. The van der Waals surface area contributed by atoms with Crippen LogP contribution in [0.4, 0.5) is 0 Å². The molecule has 1 aromatic heterocycles. The Balaban J connectivity index is 1.53. The molecule has 29 heavy (non-hydrogen) atoms. The molecule has 5 nitrogen and oxygen atoms in total. The van der Waals surface area contributed by atoms with E-state index in [4.69, 9.17) is 16.3 Å². The highest BCUT2D eigenvalue weighted by Crippen LogP contribution is 2.27. The van der Waals surface area contributed by atoms with Gasteiger partial charge >= 0.3 is 0 Å². The number of nitrogens with zero attached hydrogens (tertiary/aromatic N) is 2. The number of halogens is 1. The average Bonchev–Trinajstić information content (AvgIpc) is 2.74. The number of nitrogens with one attached hydrogen (secondary N) is 1. The van der Waals surface area contributed by atoms with E-state index in [9.17, 15) is 4.79 Å². The molecule has 156 valence electrons. The minimum atomic E-state index is 0.128. The Labute approximate surface area is 178 Å². The number of amides is 1. The molecule has 0 radical (unpaired) electrons. The molecule has 0 aliphatic carbocycles. The number of carbonyl (C=O) groups is 1. The summed E-state index contributed by atoms with van der Waals surface area (Å²) in [5.41, 5.74) is 2.11. The minimum Gasteiger partial charge on any atom is -0.489 e. The minimum absolute atomic E-state index is 0.128. The molecule has 3 rings (SSSR count). The van der Waals surface area contributed by atoms with Gasteiger partial charge in [-0.2, -0.15) is 0 Å². The van der Waals surface area contributed by atoms with Crippen molar-refractivity contribution in [3.8, 4) is 5.75 Å². The zero-order valence-corrected chi connectivity index (χ0v) is 17.8. The number of aromatic nitrogens is 1. The summed E-state index contributed by atoms with van der Waals surface area (Å²) < 4.78 is 6.04. The smallest absolute Gasteiger partial charge is 0.223 e. The van der Waals surface area contributed by atoms with Gasteiger partial charge in [0.1, 0.15) is 12.4 Å². The van der Waals surface area contributed by atoms with Gasteiger partial charge in [-0.1, -0.05) is 31.0 Å². The fraction of sp³-hybridized carbons (Fsp3) is 0.478. The van der Waals surface area contributed by atoms with E-state index in [1.54, 1.807) is 6.20 Å². The summed E-state index contributed by atoms with van der Waals surface area (Å²) in [6.45, 7) is 5.97. The number of ether oxygens (including phenoxy) is 1. The summed E-state index contributed by atoms with van der Waals surface area (Å²) in [7, 11) is 0. The molecule has 0 saturated carbocycles. The molecule has 1 aromatic carbocycles. The van der Waals surface area contributed by atoms with Gasteiger partial charge in [-0.25, -0.2) is 0 Å². The van der Waals surface area contributed by atoms with Crippen LogP contribution in [0.1, 0.15) is 43.7 Å². The first kappa shape index (κ1) is 21.6. The van der Waals surface area contributed by atoms with Crippen molar-refractivity contribution in [3.63, 3.8) is 0 Å². The van der Waals surface area contributed by atoms with Gasteiger partial charge in [0.2, 0.25) is 5.91 Å². The third kappa shape index (κ3) is 6.72. The lowest BCUT2D eigenvalue weighted by molar-refractivity contribution is -0.126. The molecule has 1 aliphatic rings. The van der Waals surface area contributed by atoms with Crippen LogP contribution in [0.3, 0.4) is 0 Å². The molecule has 1 saturated heterocycles. The molecule has 2 aromatic rings. The maximum atomic E-state index is 12.3. The van der Waals surface area contributed by atoms with Crippen LogP contribution in [0.2, 0.25) is 5.02 Å². The first-order valence-electron chi connectivity index (χ1n) is 10.5. The van der Waals surface area contributed by atoms with Crippen molar-refractivity contribution in [2.24, 2.45) is 5.92 Å². The number of benzene rings is 1. The highest BCUT2D eigenvalue weighted by molar-refractivity contribution is 6.30. The van der Waals surface area contributed by atoms with Crippen molar-refractivity contribution in [2.45, 2.75) is 45.8 Å². The zero-order chi connectivity index (χ0) is 20.5. The lowest BCUT2D eigenvalue weighted by atomic mass is 9.95. The van der Waals surface area contributed by atoms with Gasteiger partial charge in [-0.3, -0.25) is 14.7 Å². The topological polar surface area (TPSA) is 54.5 Å². The van der Waals surface area contributed by atoms with Crippen LogP contribution in [0.25, 0.3) is 0 Å². The Morgan fingerprint density at radius 2 is 2.14 bits per heavy atom. The average molecular weight is 416 g/mol. The molecular weight excluding hydrogens is 386 g/mol. The molecule has 0 bridgehead atoms. The Hall–Kier alpha value is -2.11. The summed E-state index contributed by atoms with van der Waals surface area (Å²) in [5, 5.41) is 3.77. The third-order valence-corrected chi connectivity index (χ3v) is 5.56. The summed E-state index contributed by atoms with van der Waals surface area (Å²) in [5.74, 6) is 1.18. The Morgan fingerprint density at radius 1 is 1.31 bits per heavy atom. The number of rotatable bonds is 9. The van der Waals surface area contributed by atoms with Gasteiger partial charge in [-0.05, 0) is 56.6 Å². The summed E-state index contributed by atoms with van der Waals surface area (Å²) in [6.07, 6.45) is 7.50. The second-order valence-corrected chi connectivity index (χ2v) is 8.03. The molecule has 0 atom stereocenters. The standard InChI is InChI=1S/C23H30ClN3O2/c1-2-3-11-26-23(28)19-8-12-27(13-9-19)16-20-14-21(24)6-7-22(20)29-17-18-5-4-10-25-15-18/h4-7,10,14-15,19H,2-3,8-9,11-13,16-17H2,1H3,(H,26,28). The van der Waals surface area contributed by atoms with E-state index in [-0.39, 0.29) is 11.8 Å². The van der Waals surface area contributed by atoms with Crippen molar-refractivity contribution in [3.05, 3.63) is 58.9 Å². The highest BCUT2D eigenvalue weighted by Gasteiger charge is 2.25. The van der Waals surface area contributed by atoms with Crippen LogP contribution >= 0.6 is 11.6 Å². The van der Waals surface area contributed by atoms with Crippen LogP contribution in [0.5, 0.6) is 5.75 Å². The van der Waals surface area contributed by atoms with Crippen molar-refractivity contribution in [1.29, 1.82) is 0 Å². The van der Waals surface area contributed by atoms with Crippen molar-refractivity contribution in [2.75, 3.05) is 19.6 Å². The van der Waals surface area contributed by atoms with E-state index in [0.29, 0.717) is 11.6 Å². The van der Waals surface area contributed by atoms with Gasteiger partial charge in [0.15, 0.2) is 0 Å². The normalized spacial score (nSPS) is 15.2. The number of pyridine rings is 1. The molecule has 1 amide bonds. The van der Waals surface area contributed by atoms with Gasteiger partial charge in [0.05, 0.1) is 0 Å². The second-order valence-electron chi connectivity index (χ2n) is 7.60. The number of hydrogen-bond acceptors (Lipinski definition) is 4. The lowest BCUT2D eigenvalue weighted by Gasteiger charge is -2.31. The van der Waals surface area contributed by atoms with E-state index in [0.717, 1.165) is 68.7 Å². The van der Waals surface area contributed by atoms with Gasteiger partial charge < -0.3 is 10.1 Å². The van der Waals surface area contributed by atoms with Crippen LogP contribution in [0, 0.1) is 5.92 Å². The lowest BCUT2D eigenvalue weighted by Crippen LogP contribution is -2.40. The second kappa shape index (κ2) is 11.2. The monoisotopic (exact) mass is 415 g/mol. The van der Waals surface area contributed by atoms with Crippen LogP contribution in [0.15, 0.2) is 42.7 Å². The molecular formula is C23H30ClN3O2. The van der Waals surface area contributed by atoms with Crippen molar-refractivity contribution < 1.29 is 9.53 Å². The van der Waals surface area contributed by atoms with E-state index in [1.165, 1.54) is 0 Å². The highest BCUT2D eigenvalue weighted by atomic mass is 35.5. The predicted octanol–water partition coefficient (Wildman–Crippen LogP) is 4.44. The maximum absolute atomic E-state index is 12.3. The summed E-state index contributed by atoms with van der Waals surface area (Å²) in [6, 6.07) is 9.67. The molecule has 0 unspecified atom stereocenters. The quantitative estimate of drug-likeness (QED) is 0.615. The first-order chi connectivity index (χ1) is 14.2. The fourth-order valence-corrected chi connectivity index (χ4v) is 3.78. The van der Waals surface area contributed by atoms with Crippen molar-refractivity contribution >= 4 is 17.5 Å². The van der Waals surface area contributed by atoms with Crippen molar-refractivity contribution in [1.82, 2.24) is 15.2 Å². The van der Waals surface area contributed by atoms with E-state index in [1.807, 2.05) is 36.5 Å². The zero-order valence-electron chi connectivity index (χ0n) is 17.1. The number of hydrogen-bond donors (Lipinski definition) is 1. The largest absolute Gasteiger partial charge is 0.489 e. The van der Waals surface area contributed by atoms with E-state index >= 15 is 0 Å². The summed E-state index contributed by atoms with van der Waals surface area (Å²) in [4.78, 5) is 18.8. The fourth-order valence-electron chi connectivity index (χ4n) is 3.58. The van der Waals surface area contributed by atoms with Crippen LogP contribution in [-0.2, 0) is 17.9 Å². The number of likely N-dealkylation sites (tertiary alicyclic amines) is 1. The molecule has 0 spiro atoms. The van der Waals surface area contributed by atoms with Crippen LogP contribution < -0.4 is 10.1 Å². The number of piperidine rings is 1.